The van der Waals surface area contributed by atoms with E-state index in [4.69, 9.17) is 0 Å². The summed E-state index contributed by atoms with van der Waals surface area (Å²) in [5.41, 5.74) is 1.09. The normalized spacial score (nSPS) is 9.93. The van der Waals surface area contributed by atoms with E-state index in [9.17, 15) is 9.18 Å². The molecule has 2 heterocycles. The van der Waals surface area contributed by atoms with Gasteiger partial charge in [0.2, 0.25) is 0 Å². The van der Waals surface area contributed by atoms with Gasteiger partial charge in [-0.15, -0.1) is 0 Å². The molecule has 0 atom stereocenters. The lowest BCUT2D eigenvalue weighted by Crippen LogP contribution is -1.92. The zero-order valence-electron chi connectivity index (χ0n) is 7.72. The lowest BCUT2D eigenvalue weighted by Gasteiger charge is -2.01. The quantitative estimate of drug-likeness (QED) is 0.700. The third-order valence-corrected chi connectivity index (χ3v) is 1.95. The van der Waals surface area contributed by atoms with Crippen LogP contribution in [0.2, 0.25) is 0 Å². The minimum Gasteiger partial charge on any atom is -0.298 e. The van der Waals surface area contributed by atoms with Crippen molar-refractivity contribution >= 4 is 6.29 Å². The highest BCUT2D eigenvalue weighted by atomic mass is 19.1. The molecule has 0 aliphatic heterocycles. The second-order valence-electron chi connectivity index (χ2n) is 2.95. The van der Waals surface area contributed by atoms with Crippen molar-refractivity contribution in [1.29, 1.82) is 0 Å². The van der Waals surface area contributed by atoms with Crippen molar-refractivity contribution < 1.29 is 9.18 Å². The van der Waals surface area contributed by atoms with E-state index in [0.29, 0.717) is 11.8 Å². The molecule has 15 heavy (non-hydrogen) atoms. The van der Waals surface area contributed by atoms with Gasteiger partial charge in [0.05, 0.1) is 0 Å². The Hall–Kier alpha value is -2.10. The van der Waals surface area contributed by atoms with Crippen LogP contribution in [-0.4, -0.2) is 16.3 Å². The lowest BCUT2D eigenvalue weighted by atomic mass is 10.1. The standard InChI is InChI=1S/C11H7FN2O/c12-10-5-8(7-15)6-14-11(10)9-1-3-13-4-2-9/h1-7H. The Morgan fingerprint density at radius 1 is 1.27 bits per heavy atom. The van der Waals surface area contributed by atoms with Crippen LogP contribution in [0.5, 0.6) is 0 Å². The van der Waals surface area contributed by atoms with Gasteiger partial charge in [0.25, 0.3) is 0 Å². The summed E-state index contributed by atoms with van der Waals surface area (Å²) in [4.78, 5) is 18.1. The van der Waals surface area contributed by atoms with E-state index in [1.807, 2.05) is 0 Å². The number of nitrogens with zero attached hydrogens (tertiary/aromatic N) is 2. The highest BCUT2D eigenvalue weighted by Crippen LogP contribution is 2.19. The summed E-state index contributed by atoms with van der Waals surface area (Å²) in [6.45, 7) is 0. The lowest BCUT2D eigenvalue weighted by molar-refractivity contribution is 0.112. The molecule has 0 fully saturated rings. The van der Waals surface area contributed by atoms with Crippen molar-refractivity contribution in [3.05, 3.63) is 48.2 Å². The van der Waals surface area contributed by atoms with Gasteiger partial charge in [-0.25, -0.2) is 4.39 Å². The first-order valence-electron chi connectivity index (χ1n) is 4.32. The fraction of sp³-hybridized carbons (Fsp3) is 0. The largest absolute Gasteiger partial charge is 0.298 e. The summed E-state index contributed by atoms with van der Waals surface area (Å²) >= 11 is 0. The minimum absolute atomic E-state index is 0.225. The molecule has 0 saturated carbocycles. The summed E-state index contributed by atoms with van der Waals surface area (Å²) in [6.07, 6.45) is 5.02. The van der Waals surface area contributed by atoms with Gasteiger partial charge >= 0.3 is 0 Å². The highest BCUT2D eigenvalue weighted by Gasteiger charge is 2.06. The maximum atomic E-state index is 13.5. The zero-order valence-corrected chi connectivity index (χ0v) is 7.72. The summed E-state index contributed by atoms with van der Waals surface area (Å²) in [7, 11) is 0. The van der Waals surface area contributed by atoms with E-state index in [1.165, 1.54) is 6.20 Å². The van der Waals surface area contributed by atoms with Crippen molar-refractivity contribution in [1.82, 2.24) is 9.97 Å². The Kier molecular flexibility index (Phi) is 2.49. The van der Waals surface area contributed by atoms with Gasteiger partial charge in [-0.05, 0) is 18.2 Å². The van der Waals surface area contributed by atoms with E-state index in [1.54, 1.807) is 24.5 Å². The van der Waals surface area contributed by atoms with Crippen molar-refractivity contribution in [2.75, 3.05) is 0 Å². The Labute approximate surface area is 85.6 Å². The molecule has 0 aromatic carbocycles. The molecule has 74 valence electrons. The molecule has 0 amide bonds. The smallest absolute Gasteiger partial charge is 0.151 e. The van der Waals surface area contributed by atoms with Crippen molar-refractivity contribution in [2.45, 2.75) is 0 Å². The molecule has 0 bridgehead atoms. The number of hydrogen-bond acceptors (Lipinski definition) is 3. The summed E-state index contributed by atoms with van der Waals surface area (Å²) in [5.74, 6) is -0.509. The molecule has 3 nitrogen and oxygen atoms in total. The van der Waals surface area contributed by atoms with E-state index in [-0.39, 0.29) is 11.3 Å². The average Bonchev–Trinajstić information content (AvgIpc) is 2.30. The van der Waals surface area contributed by atoms with Crippen LogP contribution >= 0.6 is 0 Å². The van der Waals surface area contributed by atoms with Crippen LogP contribution in [0.25, 0.3) is 11.3 Å². The van der Waals surface area contributed by atoms with Gasteiger partial charge in [-0.2, -0.15) is 0 Å². The first-order chi connectivity index (χ1) is 7.31. The molecule has 2 aromatic rings. The molecular weight excluding hydrogens is 195 g/mol. The van der Waals surface area contributed by atoms with Gasteiger partial charge in [0.1, 0.15) is 11.5 Å². The van der Waals surface area contributed by atoms with Crippen LogP contribution in [0.1, 0.15) is 10.4 Å². The Balaban J connectivity index is 2.51. The molecular formula is C11H7FN2O. The summed E-state index contributed by atoms with van der Waals surface area (Å²) in [5, 5.41) is 0. The van der Waals surface area contributed by atoms with Gasteiger partial charge in [0.15, 0.2) is 6.29 Å². The third-order valence-electron chi connectivity index (χ3n) is 1.95. The summed E-state index contributed by atoms with van der Waals surface area (Å²) in [6, 6.07) is 4.48. The average molecular weight is 202 g/mol. The Morgan fingerprint density at radius 2 is 2.00 bits per heavy atom. The summed E-state index contributed by atoms with van der Waals surface area (Å²) < 4.78 is 13.5. The molecule has 0 aliphatic carbocycles. The van der Waals surface area contributed by atoms with E-state index in [0.717, 1.165) is 6.07 Å². The number of halogens is 1. The highest BCUT2D eigenvalue weighted by molar-refractivity contribution is 5.75. The minimum atomic E-state index is -0.509. The van der Waals surface area contributed by atoms with Crippen LogP contribution in [0, 0.1) is 5.82 Å². The molecule has 0 unspecified atom stereocenters. The topological polar surface area (TPSA) is 42.9 Å². The maximum absolute atomic E-state index is 13.5. The molecule has 0 aliphatic rings. The predicted molar refractivity (Wildman–Crippen MR) is 52.8 cm³/mol. The number of aldehydes is 1. The fourth-order valence-corrected chi connectivity index (χ4v) is 1.24. The van der Waals surface area contributed by atoms with E-state index in [2.05, 4.69) is 9.97 Å². The Bertz CT molecular complexity index is 485. The Morgan fingerprint density at radius 3 is 2.60 bits per heavy atom. The molecule has 2 aromatic heterocycles. The van der Waals surface area contributed by atoms with Crippen molar-refractivity contribution in [3.63, 3.8) is 0 Å². The van der Waals surface area contributed by atoms with E-state index < -0.39 is 5.82 Å². The maximum Gasteiger partial charge on any atom is 0.151 e. The van der Waals surface area contributed by atoms with Crippen LogP contribution < -0.4 is 0 Å². The van der Waals surface area contributed by atoms with E-state index >= 15 is 0 Å². The number of hydrogen-bond donors (Lipinski definition) is 0. The number of aromatic nitrogens is 2. The van der Waals surface area contributed by atoms with Crippen LogP contribution in [0.4, 0.5) is 4.39 Å². The van der Waals surface area contributed by atoms with Crippen LogP contribution in [0.3, 0.4) is 0 Å². The first-order valence-corrected chi connectivity index (χ1v) is 4.32. The second-order valence-corrected chi connectivity index (χ2v) is 2.95. The number of carbonyl (C=O) groups is 1. The zero-order chi connectivity index (χ0) is 10.7. The first kappa shape index (κ1) is 9.45. The third kappa shape index (κ3) is 1.88. The SMILES string of the molecule is O=Cc1cnc(-c2ccncc2)c(F)c1. The number of pyridine rings is 2. The van der Waals surface area contributed by atoms with Gasteiger partial charge in [-0.3, -0.25) is 14.8 Å². The van der Waals surface area contributed by atoms with Gasteiger partial charge in [0, 0.05) is 29.7 Å². The van der Waals surface area contributed by atoms with Gasteiger partial charge < -0.3 is 0 Å². The fourth-order valence-electron chi connectivity index (χ4n) is 1.24. The molecule has 0 spiro atoms. The molecule has 0 radical (unpaired) electrons. The number of carbonyl (C=O) groups excluding carboxylic acids is 1. The molecule has 4 heteroatoms. The molecule has 0 saturated heterocycles. The molecule has 0 N–H and O–H groups in total. The van der Waals surface area contributed by atoms with Crippen molar-refractivity contribution in [2.24, 2.45) is 0 Å². The van der Waals surface area contributed by atoms with Gasteiger partial charge in [-0.1, -0.05) is 0 Å². The monoisotopic (exact) mass is 202 g/mol. The van der Waals surface area contributed by atoms with Crippen molar-refractivity contribution in [3.8, 4) is 11.3 Å². The molecule has 2 rings (SSSR count). The van der Waals surface area contributed by atoms with Crippen LogP contribution in [0.15, 0.2) is 36.8 Å². The predicted octanol–water partition coefficient (Wildman–Crippen LogP) is 2.10. The number of rotatable bonds is 2. The second kappa shape index (κ2) is 3.96. The van der Waals surface area contributed by atoms with Crippen LogP contribution in [-0.2, 0) is 0 Å².